The molecule has 0 aromatic carbocycles. The van der Waals surface area contributed by atoms with E-state index in [1.54, 1.807) is 0 Å². The average molecular weight is 356 g/mol. The monoisotopic (exact) mass is 355 g/mol. The molecule has 0 atom stereocenters. The lowest BCUT2D eigenvalue weighted by molar-refractivity contribution is 0.838. The van der Waals surface area contributed by atoms with Crippen LogP contribution in [-0.2, 0) is 11.8 Å². The first kappa shape index (κ1) is 19.6. The molecule has 0 radical (unpaired) electrons. The third-order valence-corrected chi connectivity index (χ3v) is 11.3. The minimum absolute atomic E-state index is 0.389. The van der Waals surface area contributed by atoms with E-state index in [1.807, 2.05) is 12.1 Å². The summed E-state index contributed by atoms with van der Waals surface area (Å²) in [6.45, 7) is 13.9. The first-order valence-electron chi connectivity index (χ1n) is 7.92. The smallest absolute Gasteiger partial charge is 0.146 e. The molecule has 122 valence electrons. The molecule has 0 unspecified atom stereocenters. The van der Waals surface area contributed by atoms with Crippen LogP contribution in [0.15, 0.2) is 12.1 Å². The van der Waals surface area contributed by atoms with Crippen molar-refractivity contribution >= 4 is 31.3 Å². The molecule has 1 heterocycles. The van der Waals surface area contributed by atoms with E-state index < -0.39 is 8.07 Å². The molecule has 1 aromatic rings. The second-order valence-electron chi connectivity index (χ2n) is 6.75. The first-order valence-corrected chi connectivity index (χ1v) is 11.2. The van der Waals surface area contributed by atoms with Crippen molar-refractivity contribution in [2.24, 2.45) is 0 Å². The van der Waals surface area contributed by atoms with Gasteiger partial charge in [0, 0.05) is 5.56 Å². The predicted octanol–water partition coefficient (Wildman–Crippen LogP) is 6.13. The predicted molar refractivity (Wildman–Crippen MR) is 101 cm³/mol. The highest BCUT2D eigenvalue weighted by molar-refractivity contribution is 6.90. The van der Waals surface area contributed by atoms with Gasteiger partial charge in [-0.15, -0.1) is 28.7 Å². The van der Waals surface area contributed by atoms with Crippen LogP contribution < -0.4 is 0 Å². The Morgan fingerprint density at radius 3 is 1.64 bits per heavy atom. The standard InChI is InChI=1S/C18H27Cl2NSi/c1-13(2)22(14(3)4,15(5)6)8-7-16-9-17(11-19)21-18(10-16)12-20/h9-10,13-15H,11-12H2,1-6H3. The van der Waals surface area contributed by atoms with Crippen molar-refractivity contribution in [1.29, 1.82) is 0 Å². The van der Waals surface area contributed by atoms with Gasteiger partial charge in [0.25, 0.3) is 0 Å². The highest BCUT2D eigenvalue weighted by Gasteiger charge is 2.41. The lowest BCUT2D eigenvalue weighted by Gasteiger charge is -2.38. The van der Waals surface area contributed by atoms with E-state index in [2.05, 4.69) is 58.0 Å². The molecule has 0 spiro atoms. The Bertz CT molecular complexity index is 512. The molecular formula is C18H27Cl2NSi. The molecule has 0 bridgehead atoms. The molecule has 22 heavy (non-hydrogen) atoms. The summed E-state index contributed by atoms with van der Waals surface area (Å²) >= 11 is 11.8. The molecule has 0 saturated carbocycles. The van der Waals surface area contributed by atoms with Crippen molar-refractivity contribution in [3.63, 3.8) is 0 Å². The van der Waals surface area contributed by atoms with Crippen molar-refractivity contribution < 1.29 is 0 Å². The average Bonchev–Trinajstić information content (AvgIpc) is 2.46. The minimum Gasteiger partial charge on any atom is -0.255 e. The molecule has 1 rings (SSSR count). The highest BCUT2D eigenvalue weighted by Crippen LogP contribution is 2.40. The maximum Gasteiger partial charge on any atom is 0.146 e. The van der Waals surface area contributed by atoms with Crippen molar-refractivity contribution in [2.75, 3.05) is 0 Å². The zero-order valence-electron chi connectivity index (χ0n) is 14.5. The van der Waals surface area contributed by atoms with E-state index in [-0.39, 0.29) is 0 Å². The van der Waals surface area contributed by atoms with Gasteiger partial charge < -0.3 is 0 Å². The summed E-state index contributed by atoms with van der Waals surface area (Å²) in [6.07, 6.45) is 0. The maximum atomic E-state index is 5.92. The van der Waals surface area contributed by atoms with Crippen LogP contribution in [0.1, 0.15) is 58.5 Å². The van der Waals surface area contributed by atoms with Gasteiger partial charge in [-0.3, -0.25) is 4.98 Å². The zero-order valence-corrected chi connectivity index (χ0v) is 17.0. The van der Waals surface area contributed by atoms with Crippen LogP contribution >= 0.6 is 23.2 Å². The Hall–Kier alpha value is -0.493. The molecule has 0 saturated heterocycles. The summed E-state index contributed by atoms with van der Waals surface area (Å²) in [4.78, 5) is 4.40. The number of alkyl halides is 2. The van der Waals surface area contributed by atoms with Gasteiger partial charge in [0.2, 0.25) is 0 Å². The molecule has 0 aliphatic heterocycles. The summed E-state index contributed by atoms with van der Waals surface area (Å²) in [5.74, 6) is 4.21. The van der Waals surface area contributed by atoms with Crippen LogP contribution in [-0.4, -0.2) is 13.1 Å². The van der Waals surface area contributed by atoms with E-state index in [4.69, 9.17) is 23.2 Å². The van der Waals surface area contributed by atoms with E-state index in [1.165, 1.54) is 0 Å². The lowest BCUT2D eigenvalue weighted by Crippen LogP contribution is -2.43. The fourth-order valence-corrected chi connectivity index (χ4v) is 8.97. The van der Waals surface area contributed by atoms with Gasteiger partial charge in [-0.2, -0.15) is 0 Å². The van der Waals surface area contributed by atoms with Gasteiger partial charge in [-0.05, 0) is 28.8 Å². The highest BCUT2D eigenvalue weighted by atomic mass is 35.5. The number of nitrogens with zero attached hydrogens (tertiary/aromatic N) is 1. The molecule has 1 nitrogen and oxygen atoms in total. The van der Waals surface area contributed by atoms with E-state index >= 15 is 0 Å². The number of aromatic nitrogens is 1. The molecule has 1 aromatic heterocycles. The normalized spacial score (nSPS) is 12.0. The number of halogens is 2. The Balaban J connectivity index is 3.34. The van der Waals surface area contributed by atoms with Crippen molar-refractivity contribution in [3.05, 3.63) is 29.1 Å². The molecule has 0 N–H and O–H groups in total. The summed E-state index contributed by atoms with van der Waals surface area (Å²) < 4.78 is 0. The van der Waals surface area contributed by atoms with Crippen LogP contribution in [0.5, 0.6) is 0 Å². The summed E-state index contributed by atoms with van der Waals surface area (Å²) in [5, 5.41) is 0. The Kier molecular flexibility index (Phi) is 7.45. The topological polar surface area (TPSA) is 12.9 Å². The van der Waals surface area contributed by atoms with Gasteiger partial charge >= 0.3 is 0 Å². The SMILES string of the molecule is CC(C)[Si](C#Cc1cc(CCl)nc(CCl)c1)(C(C)C)C(C)C. The van der Waals surface area contributed by atoms with Gasteiger partial charge in [0.05, 0.1) is 23.1 Å². The van der Waals surface area contributed by atoms with Gasteiger partial charge in [-0.1, -0.05) is 47.5 Å². The van der Waals surface area contributed by atoms with Crippen molar-refractivity contribution in [3.8, 4) is 11.5 Å². The van der Waals surface area contributed by atoms with E-state index in [0.29, 0.717) is 28.4 Å². The molecule has 4 heteroatoms. The number of hydrogen-bond donors (Lipinski definition) is 0. The van der Waals surface area contributed by atoms with E-state index in [9.17, 15) is 0 Å². The third-order valence-electron chi connectivity index (χ3n) is 4.49. The zero-order chi connectivity index (χ0) is 16.9. The second-order valence-corrected chi connectivity index (χ2v) is 12.9. The Morgan fingerprint density at radius 1 is 0.909 bits per heavy atom. The summed E-state index contributed by atoms with van der Waals surface area (Å²) in [7, 11) is -1.71. The van der Waals surface area contributed by atoms with Crippen molar-refractivity contribution in [1.82, 2.24) is 4.98 Å². The minimum atomic E-state index is -1.71. The van der Waals surface area contributed by atoms with E-state index in [0.717, 1.165) is 17.0 Å². The number of rotatable bonds is 5. The molecular weight excluding hydrogens is 329 g/mol. The largest absolute Gasteiger partial charge is 0.255 e. The van der Waals surface area contributed by atoms with Gasteiger partial charge in [0.15, 0.2) is 0 Å². The fourth-order valence-electron chi connectivity index (χ4n) is 3.47. The summed E-state index contributed by atoms with van der Waals surface area (Å²) in [6, 6.07) is 3.96. The Labute approximate surface area is 146 Å². The van der Waals surface area contributed by atoms with Crippen LogP contribution in [0.2, 0.25) is 16.6 Å². The van der Waals surface area contributed by atoms with Crippen LogP contribution in [0.3, 0.4) is 0 Å². The third kappa shape index (κ3) is 4.28. The first-order chi connectivity index (χ1) is 10.3. The molecule has 0 aliphatic carbocycles. The molecule has 0 aliphatic rings. The van der Waals surface area contributed by atoms with Crippen molar-refractivity contribution in [2.45, 2.75) is 69.9 Å². The van der Waals surface area contributed by atoms with Crippen LogP contribution in [0.4, 0.5) is 0 Å². The fraction of sp³-hybridized carbons (Fsp3) is 0.611. The number of hydrogen-bond acceptors (Lipinski definition) is 1. The van der Waals surface area contributed by atoms with Gasteiger partial charge in [0.1, 0.15) is 8.07 Å². The quantitative estimate of drug-likeness (QED) is 0.351. The summed E-state index contributed by atoms with van der Waals surface area (Å²) in [5.41, 5.74) is 8.28. The lowest BCUT2D eigenvalue weighted by atomic mass is 10.2. The van der Waals surface area contributed by atoms with Gasteiger partial charge in [-0.25, -0.2) is 0 Å². The molecule has 0 fully saturated rings. The number of pyridine rings is 1. The second kappa shape index (κ2) is 8.38. The Morgan fingerprint density at radius 2 is 1.32 bits per heavy atom. The molecule has 0 amide bonds. The van der Waals surface area contributed by atoms with Crippen LogP contribution in [0, 0.1) is 11.5 Å². The maximum absolute atomic E-state index is 5.92. The van der Waals surface area contributed by atoms with Crippen LogP contribution in [0.25, 0.3) is 0 Å².